The molecule has 3 heterocycles. The molecule has 8 heteroatoms. The molecule has 23 heavy (non-hydrogen) atoms. The van der Waals surface area contributed by atoms with Crippen LogP contribution in [0.15, 0.2) is 36.8 Å². The fourth-order valence-corrected chi connectivity index (χ4v) is 2.65. The van der Waals surface area contributed by atoms with E-state index in [-0.39, 0.29) is 0 Å². The van der Waals surface area contributed by atoms with Crippen LogP contribution in [0.25, 0.3) is 23.2 Å². The molecule has 3 aromatic heterocycles. The van der Waals surface area contributed by atoms with Gasteiger partial charge >= 0.3 is 0 Å². The van der Waals surface area contributed by atoms with Crippen molar-refractivity contribution in [2.45, 2.75) is 20.4 Å². The Bertz CT molecular complexity index is 826. The quantitative estimate of drug-likeness (QED) is 0.752. The minimum Gasteiger partial charge on any atom is -0.328 e. The molecule has 1 N–H and O–H groups in total. The molecule has 0 aromatic carbocycles. The van der Waals surface area contributed by atoms with Gasteiger partial charge in [-0.3, -0.25) is 9.25 Å². The highest BCUT2D eigenvalue weighted by Crippen LogP contribution is 2.25. The highest BCUT2D eigenvalue weighted by atomic mass is 32.1. The Morgan fingerprint density at radius 3 is 2.96 bits per heavy atom. The summed E-state index contributed by atoms with van der Waals surface area (Å²) in [7, 11) is 0. The summed E-state index contributed by atoms with van der Waals surface area (Å²) in [6.45, 7) is 8.91. The van der Waals surface area contributed by atoms with E-state index in [1.165, 1.54) is 11.3 Å². The van der Waals surface area contributed by atoms with Crippen molar-refractivity contribution in [3.63, 3.8) is 0 Å². The lowest BCUT2D eigenvalue weighted by Crippen LogP contribution is -2.04. The number of rotatable bonds is 6. The molecule has 0 radical (unpaired) electrons. The Labute approximate surface area is 138 Å². The van der Waals surface area contributed by atoms with Gasteiger partial charge in [0, 0.05) is 24.5 Å². The summed E-state index contributed by atoms with van der Waals surface area (Å²) in [4.78, 5) is 4.50. The Morgan fingerprint density at radius 2 is 2.30 bits per heavy atom. The highest BCUT2D eigenvalue weighted by Gasteiger charge is 2.14. The predicted molar refractivity (Wildman–Crippen MR) is 92.7 cm³/mol. The fourth-order valence-electron chi connectivity index (χ4n) is 2.18. The van der Waals surface area contributed by atoms with Gasteiger partial charge in [0.15, 0.2) is 5.82 Å². The molecule has 0 saturated heterocycles. The van der Waals surface area contributed by atoms with Crippen LogP contribution in [-0.4, -0.2) is 29.5 Å². The van der Waals surface area contributed by atoms with E-state index >= 15 is 0 Å². The van der Waals surface area contributed by atoms with Crippen molar-refractivity contribution in [3.8, 4) is 11.3 Å². The highest BCUT2D eigenvalue weighted by molar-refractivity contribution is 7.13. The molecule has 0 unspecified atom stereocenters. The number of hydrogen-bond donors (Lipinski definition) is 1. The lowest BCUT2D eigenvalue weighted by atomic mass is 10.3. The first-order valence-corrected chi connectivity index (χ1v) is 8.06. The summed E-state index contributed by atoms with van der Waals surface area (Å²) < 4.78 is 3.86. The average Bonchev–Trinajstić information content (AvgIpc) is 3.27. The smallest absolute Gasteiger partial charge is 0.209 e. The van der Waals surface area contributed by atoms with Gasteiger partial charge in [-0.2, -0.15) is 5.10 Å². The van der Waals surface area contributed by atoms with Gasteiger partial charge in [0.25, 0.3) is 0 Å². The molecule has 118 valence electrons. The third kappa shape index (κ3) is 3.07. The Morgan fingerprint density at radius 1 is 1.43 bits per heavy atom. The van der Waals surface area contributed by atoms with Gasteiger partial charge < -0.3 is 5.32 Å². The molecule has 0 fully saturated rings. The van der Waals surface area contributed by atoms with E-state index in [1.807, 2.05) is 47.0 Å². The number of aryl methyl sites for hydroxylation is 1. The van der Waals surface area contributed by atoms with Gasteiger partial charge in [-0.25, -0.2) is 4.98 Å². The zero-order chi connectivity index (χ0) is 16.2. The van der Waals surface area contributed by atoms with E-state index in [1.54, 1.807) is 5.51 Å². The number of aromatic nitrogens is 6. The molecule has 7 nitrogen and oxygen atoms in total. The molecule has 3 aromatic rings. The van der Waals surface area contributed by atoms with Crippen LogP contribution >= 0.6 is 11.3 Å². The van der Waals surface area contributed by atoms with Crippen LogP contribution < -0.4 is 5.32 Å². The topological polar surface area (TPSA) is 73.5 Å². The van der Waals surface area contributed by atoms with Crippen LogP contribution in [0, 0.1) is 0 Å². The lowest BCUT2D eigenvalue weighted by molar-refractivity contribution is 0.660. The van der Waals surface area contributed by atoms with E-state index in [0.717, 1.165) is 23.6 Å². The van der Waals surface area contributed by atoms with Crippen molar-refractivity contribution >= 4 is 28.4 Å². The van der Waals surface area contributed by atoms with E-state index in [2.05, 4.69) is 39.1 Å². The van der Waals surface area contributed by atoms with Crippen molar-refractivity contribution in [3.05, 3.63) is 42.6 Å². The minimum absolute atomic E-state index is 0.661. The molecular weight excluding hydrogens is 310 g/mol. The molecule has 0 aliphatic carbocycles. The van der Waals surface area contributed by atoms with Gasteiger partial charge in [-0.05, 0) is 13.8 Å². The third-order valence-electron chi connectivity index (χ3n) is 3.24. The maximum atomic E-state index is 4.50. The molecule has 0 aliphatic rings. The van der Waals surface area contributed by atoms with Crippen molar-refractivity contribution in [1.29, 1.82) is 0 Å². The molecule has 0 atom stereocenters. The molecule has 0 saturated carbocycles. The van der Waals surface area contributed by atoms with Crippen LogP contribution in [0.3, 0.4) is 0 Å². The average molecular weight is 327 g/mol. The number of nitrogens with zero attached hydrogens (tertiary/aromatic N) is 6. The Hall–Kier alpha value is -2.74. The summed E-state index contributed by atoms with van der Waals surface area (Å²) >= 11 is 1.41. The van der Waals surface area contributed by atoms with Crippen LogP contribution in [0.4, 0.5) is 5.13 Å². The number of hydrogen-bond acceptors (Lipinski definition) is 6. The largest absolute Gasteiger partial charge is 0.328 e. The molecule has 3 rings (SSSR count). The van der Waals surface area contributed by atoms with E-state index in [4.69, 9.17) is 0 Å². The van der Waals surface area contributed by atoms with E-state index in [9.17, 15) is 0 Å². The Kier molecular flexibility index (Phi) is 4.33. The number of allylic oxidation sites excluding steroid dienone is 1. The van der Waals surface area contributed by atoms with Crippen molar-refractivity contribution < 1.29 is 0 Å². The monoisotopic (exact) mass is 327 g/mol. The first-order chi connectivity index (χ1) is 11.2. The van der Waals surface area contributed by atoms with Crippen LogP contribution in [0.5, 0.6) is 0 Å². The fraction of sp³-hybridized carbons (Fsp3) is 0.200. The summed E-state index contributed by atoms with van der Waals surface area (Å²) in [6, 6.07) is 0. The van der Waals surface area contributed by atoms with Gasteiger partial charge in [0.1, 0.15) is 5.51 Å². The Balaban J connectivity index is 1.96. The molecule has 0 aliphatic heterocycles. The van der Waals surface area contributed by atoms with E-state index < -0.39 is 0 Å². The summed E-state index contributed by atoms with van der Waals surface area (Å²) in [5.74, 6) is 0.720. The lowest BCUT2D eigenvalue weighted by Gasteiger charge is -2.08. The number of anilines is 1. The van der Waals surface area contributed by atoms with Crippen molar-refractivity contribution in [2.75, 3.05) is 5.32 Å². The maximum Gasteiger partial charge on any atom is 0.209 e. The van der Waals surface area contributed by atoms with E-state index in [0.29, 0.717) is 10.8 Å². The summed E-state index contributed by atoms with van der Waals surface area (Å²) in [5, 5.41) is 15.9. The molecular formula is C15H17N7S. The first-order valence-electron chi connectivity index (χ1n) is 7.18. The summed E-state index contributed by atoms with van der Waals surface area (Å²) in [5.41, 5.74) is 4.29. The van der Waals surface area contributed by atoms with Gasteiger partial charge in [-0.15, -0.1) is 10.2 Å². The predicted octanol–water partition coefficient (Wildman–Crippen LogP) is 3.19. The first kappa shape index (κ1) is 15.2. The second-order valence-corrected chi connectivity index (χ2v) is 5.58. The SMILES string of the molecule is C=C(Nc1nncs1)c1ncc(-c2cnn(CC)c2)n1/C=C\C. The van der Waals surface area contributed by atoms with Crippen molar-refractivity contribution in [1.82, 2.24) is 29.5 Å². The number of imidazole rings is 1. The molecule has 0 amide bonds. The van der Waals surface area contributed by atoms with Crippen LogP contribution in [0.2, 0.25) is 0 Å². The summed E-state index contributed by atoms with van der Waals surface area (Å²) in [6.07, 6.45) is 9.57. The van der Waals surface area contributed by atoms with Gasteiger partial charge in [0.05, 0.1) is 23.8 Å². The molecule has 0 spiro atoms. The van der Waals surface area contributed by atoms with Gasteiger partial charge in [0.2, 0.25) is 5.13 Å². The standard InChI is InChI=1S/C15H17N7S/c1-4-6-22-13(12-7-18-21(5-2)9-12)8-16-14(22)11(3)19-15-20-17-10-23-15/h4,6-10H,3,5H2,1-2H3,(H,19,20)/b6-4-. The minimum atomic E-state index is 0.661. The number of nitrogens with one attached hydrogen (secondary N) is 1. The second kappa shape index (κ2) is 6.57. The maximum absolute atomic E-state index is 4.50. The zero-order valence-electron chi connectivity index (χ0n) is 13.0. The zero-order valence-corrected chi connectivity index (χ0v) is 13.8. The van der Waals surface area contributed by atoms with Crippen molar-refractivity contribution in [2.24, 2.45) is 0 Å². The van der Waals surface area contributed by atoms with Crippen LogP contribution in [0.1, 0.15) is 19.7 Å². The van der Waals surface area contributed by atoms with Gasteiger partial charge in [-0.1, -0.05) is 24.0 Å². The second-order valence-electron chi connectivity index (χ2n) is 4.75. The van der Waals surface area contributed by atoms with Crippen LogP contribution in [-0.2, 0) is 6.54 Å². The molecule has 0 bridgehead atoms. The normalized spacial score (nSPS) is 11.2. The third-order valence-corrected chi connectivity index (χ3v) is 3.84.